The van der Waals surface area contributed by atoms with Crippen molar-refractivity contribution in [3.05, 3.63) is 21.0 Å². The van der Waals surface area contributed by atoms with Crippen LogP contribution in [-0.2, 0) is 0 Å². The summed E-state index contributed by atoms with van der Waals surface area (Å²) in [6.45, 7) is 0. The van der Waals surface area contributed by atoms with Crippen LogP contribution in [0.25, 0.3) is 0 Å². The molecule has 2 aliphatic rings. The van der Waals surface area contributed by atoms with Gasteiger partial charge in [0.05, 0.1) is 0 Å². The highest BCUT2D eigenvalue weighted by Crippen LogP contribution is 2.44. The molecule has 2 nitrogen and oxygen atoms in total. The van der Waals surface area contributed by atoms with E-state index in [0.717, 1.165) is 22.7 Å². The summed E-state index contributed by atoms with van der Waals surface area (Å²) in [5, 5.41) is 22.1. The smallest absolute Gasteiger partial charge is 0.138 e. The van der Waals surface area contributed by atoms with Crippen LogP contribution in [0.5, 0.6) is 0 Å². The van der Waals surface area contributed by atoms with Crippen molar-refractivity contribution in [2.24, 2.45) is 0 Å². The molecule has 18 heavy (non-hydrogen) atoms. The Labute approximate surface area is 117 Å². The number of nitriles is 2. The fraction of sp³-hybridized carbons (Fsp3) is 0.571. The van der Waals surface area contributed by atoms with Gasteiger partial charge in [0.15, 0.2) is 0 Å². The third-order valence-electron chi connectivity index (χ3n) is 3.60. The third-order valence-corrected chi connectivity index (χ3v) is 5.19. The molecule has 0 aromatic carbocycles. The molecule has 0 aromatic heterocycles. The van der Waals surface area contributed by atoms with Gasteiger partial charge in [-0.05, 0) is 49.2 Å². The first kappa shape index (κ1) is 13.6. The van der Waals surface area contributed by atoms with Crippen LogP contribution in [0.3, 0.4) is 0 Å². The quantitative estimate of drug-likeness (QED) is 0.522. The van der Waals surface area contributed by atoms with E-state index in [2.05, 4.69) is 10.8 Å². The topological polar surface area (TPSA) is 47.6 Å². The Hall–Kier alpha value is -0.840. The van der Waals surface area contributed by atoms with Crippen LogP contribution in [0.15, 0.2) is 21.0 Å². The van der Waals surface area contributed by atoms with E-state index >= 15 is 0 Å². The predicted octanol–water partition coefficient (Wildman–Crippen LogP) is 5.07. The second kappa shape index (κ2) is 6.92. The lowest BCUT2D eigenvalue weighted by Crippen LogP contribution is -2.05. The molecule has 0 unspecified atom stereocenters. The average Bonchev–Trinajstić information content (AvgIpc) is 2.34. The Bertz CT molecular complexity index is 421. The van der Waals surface area contributed by atoms with Gasteiger partial charge >= 0.3 is 0 Å². The van der Waals surface area contributed by atoms with Crippen molar-refractivity contribution in [1.82, 2.24) is 0 Å². The summed E-state index contributed by atoms with van der Waals surface area (Å²) in [6, 6.07) is 0. The van der Waals surface area contributed by atoms with Gasteiger partial charge in [0, 0.05) is 22.7 Å². The molecular weight excluding hydrogens is 260 g/mol. The number of thioether (sulfide) groups is 2. The molecule has 0 heterocycles. The Morgan fingerprint density at radius 3 is 1.56 bits per heavy atom. The highest BCUT2D eigenvalue weighted by Gasteiger charge is 2.22. The van der Waals surface area contributed by atoms with Crippen LogP contribution < -0.4 is 0 Å². The van der Waals surface area contributed by atoms with E-state index in [0.29, 0.717) is 0 Å². The normalized spacial score (nSPS) is 20.6. The molecule has 0 saturated carbocycles. The van der Waals surface area contributed by atoms with Gasteiger partial charge in [0.1, 0.15) is 10.8 Å². The minimum atomic E-state index is 0.914. The Morgan fingerprint density at radius 2 is 1.17 bits per heavy atom. The minimum absolute atomic E-state index is 0.914. The standard InChI is InChI=1S/C14H16N2S2/c15-9-17-13-7-11-5-3-1-2-4-6-12(11)8-14(13)18-10-16/h1-8H2. The maximum atomic E-state index is 8.87. The van der Waals surface area contributed by atoms with E-state index < -0.39 is 0 Å². The molecule has 0 atom stereocenters. The van der Waals surface area contributed by atoms with Gasteiger partial charge in [0.25, 0.3) is 0 Å². The minimum Gasteiger partial charge on any atom is -0.185 e. The predicted molar refractivity (Wildman–Crippen MR) is 77.4 cm³/mol. The molecule has 94 valence electrons. The lowest BCUT2D eigenvalue weighted by atomic mass is 9.87. The monoisotopic (exact) mass is 276 g/mol. The lowest BCUT2D eigenvalue weighted by Gasteiger charge is -2.25. The van der Waals surface area contributed by atoms with E-state index in [9.17, 15) is 0 Å². The molecule has 2 rings (SSSR count). The fourth-order valence-electron chi connectivity index (χ4n) is 2.69. The van der Waals surface area contributed by atoms with Crippen molar-refractivity contribution < 1.29 is 0 Å². The van der Waals surface area contributed by atoms with Gasteiger partial charge in [-0.3, -0.25) is 0 Å². The molecular formula is C14H16N2S2. The zero-order chi connectivity index (χ0) is 12.8. The van der Waals surface area contributed by atoms with Crippen LogP contribution in [-0.4, -0.2) is 0 Å². The second-order valence-electron chi connectivity index (χ2n) is 4.71. The molecule has 4 heteroatoms. The van der Waals surface area contributed by atoms with E-state index in [4.69, 9.17) is 10.5 Å². The largest absolute Gasteiger partial charge is 0.185 e. The molecule has 0 N–H and O–H groups in total. The van der Waals surface area contributed by atoms with Gasteiger partial charge in [-0.2, -0.15) is 10.5 Å². The highest BCUT2D eigenvalue weighted by atomic mass is 32.2. The molecule has 0 saturated heterocycles. The Morgan fingerprint density at radius 1 is 0.722 bits per heavy atom. The van der Waals surface area contributed by atoms with Crippen molar-refractivity contribution in [1.29, 1.82) is 10.5 Å². The van der Waals surface area contributed by atoms with Crippen LogP contribution >= 0.6 is 23.5 Å². The number of hydrogen-bond donors (Lipinski definition) is 0. The summed E-state index contributed by atoms with van der Waals surface area (Å²) in [5.41, 5.74) is 3.10. The highest BCUT2D eigenvalue weighted by molar-refractivity contribution is 8.10. The number of nitrogens with zero attached hydrogens (tertiary/aromatic N) is 2. The zero-order valence-corrected chi connectivity index (χ0v) is 12.0. The zero-order valence-electron chi connectivity index (χ0n) is 10.4. The van der Waals surface area contributed by atoms with Crippen molar-refractivity contribution in [3.63, 3.8) is 0 Å². The molecule has 0 fully saturated rings. The van der Waals surface area contributed by atoms with Gasteiger partial charge in [-0.15, -0.1) is 0 Å². The molecule has 0 amide bonds. The van der Waals surface area contributed by atoms with E-state index in [1.165, 1.54) is 62.0 Å². The first-order chi connectivity index (χ1) is 8.85. The number of allylic oxidation sites excluding steroid dienone is 4. The number of hydrogen-bond acceptors (Lipinski definition) is 4. The van der Waals surface area contributed by atoms with Gasteiger partial charge in [0.2, 0.25) is 0 Å². The Balaban J connectivity index is 2.18. The molecule has 0 aliphatic heterocycles. The summed E-state index contributed by atoms with van der Waals surface area (Å²) in [6.07, 6.45) is 9.44. The maximum absolute atomic E-state index is 8.87. The van der Waals surface area contributed by atoms with Gasteiger partial charge in [-0.25, -0.2) is 0 Å². The van der Waals surface area contributed by atoms with Crippen LogP contribution in [0.2, 0.25) is 0 Å². The molecule has 0 bridgehead atoms. The Kier molecular flexibility index (Phi) is 5.23. The maximum Gasteiger partial charge on any atom is 0.138 e. The van der Waals surface area contributed by atoms with E-state index in [-0.39, 0.29) is 0 Å². The van der Waals surface area contributed by atoms with Crippen molar-refractivity contribution in [2.45, 2.75) is 51.4 Å². The van der Waals surface area contributed by atoms with E-state index in [1.807, 2.05) is 0 Å². The molecule has 0 aromatic rings. The molecule has 0 radical (unpaired) electrons. The van der Waals surface area contributed by atoms with Crippen molar-refractivity contribution in [3.8, 4) is 10.8 Å². The van der Waals surface area contributed by atoms with Crippen LogP contribution in [0.1, 0.15) is 51.4 Å². The summed E-state index contributed by atoms with van der Waals surface area (Å²) in [4.78, 5) is 2.23. The third kappa shape index (κ3) is 3.34. The summed E-state index contributed by atoms with van der Waals surface area (Å²) >= 11 is 2.49. The SMILES string of the molecule is N#CSC1=C(SC#N)CC2=C(CCCCCC2)C1. The summed E-state index contributed by atoms with van der Waals surface area (Å²) in [7, 11) is 0. The first-order valence-electron chi connectivity index (χ1n) is 6.39. The number of rotatable bonds is 2. The first-order valence-corrected chi connectivity index (χ1v) is 8.02. The summed E-state index contributed by atoms with van der Waals surface area (Å²) < 4.78 is 0. The van der Waals surface area contributed by atoms with Gasteiger partial charge in [-0.1, -0.05) is 24.0 Å². The second-order valence-corrected chi connectivity index (χ2v) is 6.47. The van der Waals surface area contributed by atoms with Crippen molar-refractivity contribution >= 4 is 23.5 Å². The van der Waals surface area contributed by atoms with E-state index in [1.54, 1.807) is 11.1 Å². The lowest BCUT2D eigenvalue weighted by molar-refractivity contribution is 0.597. The average molecular weight is 276 g/mol. The molecule has 0 spiro atoms. The molecule has 2 aliphatic carbocycles. The fourth-order valence-corrected chi connectivity index (χ4v) is 4.03. The summed E-state index contributed by atoms with van der Waals surface area (Å²) in [5.74, 6) is 0. The van der Waals surface area contributed by atoms with Crippen molar-refractivity contribution in [2.75, 3.05) is 0 Å². The van der Waals surface area contributed by atoms with Crippen LogP contribution in [0.4, 0.5) is 0 Å². The van der Waals surface area contributed by atoms with Crippen LogP contribution in [0, 0.1) is 21.3 Å². The van der Waals surface area contributed by atoms with Gasteiger partial charge < -0.3 is 0 Å². The number of thiocyanates is 2.